The maximum Gasteiger partial charge on any atom is 0.219 e. The lowest BCUT2D eigenvalue weighted by Crippen LogP contribution is -2.10. The summed E-state index contributed by atoms with van der Waals surface area (Å²) in [5, 5.41) is 0.302. The molecule has 0 aliphatic carbocycles. The minimum absolute atomic E-state index is 0.279. The van der Waals surface area contributed by atoms with E-state index in [0.717, 1.165) is 0 Å². The van der Waals surface area contributed by atoms with Crippen LogP contribution in [0.3, 0.4) is 0 Å². The SMILES string of the molecule is C#CC(C)Oc1cc(Cl)nc(COC)n1. The Morgan fingerprint density at radius 3 is 2.93 bits per heavy atom. The molecule has 0 aliphatic rings. The lowest BCUT2D eigenvalue weighted by molar-refractivity contribution is 0.175. The maximum atomic E-state index is 5.77. The van der Waals surface area contributed by atoms with Gasteiger partial charge in [-0.05, 0) is 6.92 Å². The van der Waals surface area contributed by atoms with Gasteiger partial charge >= 0.3 is 0 Å². The van der Waals surface area contributed by atoms with Crippen LogP contribution in [0.1, 0.15) is 12.7 Å². The van der Waals surface area contributed by atoms with E-state index in [0.29, 0.717) is 16.9 Å². The highest BCUT2D eigenvalue weighted by Gasteiger charge is 2.06. The van der Waals surface area contributed by atoms with Crippen LogP contribution in [0.2, 0.25) is 5.15 Å². The molecule has 0 saturated heterocycles. The van der Waals surface area contributed by atoms with Crippen LogP contribution in [0.25, 0.3) is 0 Å². The van der Waals surface area contributed by atoms with E-state index in [9.17, 15) is 0 Å². The topological polar surface area (TPSA) is 44.2 Å². The lowest BCUT2D eigenvalue weighted by Gasteiger charge is -2.08. The Hall–Kier alpha value is -1.31. The first-order chi connectivity index (χ1) is 7.15. The molecule has 1 atom stereocenters. The molecule has 0 amide bonds. The van der Waals surface area contributed by atoms with Crippen LogP contribution >= 0.6 is 11.6 Å². The van der Waals surface area contributed by atoms with Crippen molar-refractivity contribution in [2.24, 2.45) is 0 Å². The number of rotatable bonds is 4. The first kappa shape index (κ1) is 11.8. The summed E-state index contributed by atoms with van der Waals surface area (Å²) in [6.07, 6.45) is 4.82. The molecule has 0 N–H and O–H groups in total. The Morgan fingerprint density at radius 2 is 2.33 bits per heavy atom. The number of hydrogen-bond acceptors (Lipinski definition) is 4. The van der Waals surface area contributed by atoms with E-state index in [-0.39, 0.29) is 12.7 Å². The van der Waals surface area contributed by atoms with Crippen molar-refractivity contribution in [1.29, 1.82) is 0 Å². The highest BCUT2D eigenvalue weighted by molar-refractivity contribution is 6.29. The van der Waals surface area contributed by atoms with Gasteiger partial charge in [0.2, 0.25) is 5.88 Å². The summed E-state index contributed by atoms with van der Waals surface area (Å²) in [7, 11) is 1.55. The average molecular weight is 227 g/mol. The molecule has 0 spiro atoms. The minimum atomic E-state index is -0.355. The second kappa shape index (κ2) is 5.54. The van der Waals surface area contributed by atoms with Crippen molar-refractivity contribution < 1.29 is 9.47 Å². The smallest absolute Gasteiger partial charge is 0.219 e. The summed E-state index contributed by atoms with van der Waals surface area (Å²) in [5.74, 6) is 3.24. The summed E-state index contributed by atoms with van der Waals surface area (Å²) in [6, 6.07) is 1.51. The number of aromatic nitrogens is 2. The number of hydrogen-bond donors (Lipinski definition) is 0. The van der Waals surface area contributed by atoms with E-state index in [1.165, 1.54) is 6.07 Å². The summed E-state index contributed by atoms with van der Waals surface area (Å²) in [4.78, 5) is 8.03. The highest BCUT2D eigenvalue weighted by Crippen LogP contribution is 2.15. The molecular formula is C10H11ClN2O2. The van der Waals surface area contributed by atoms with Crippen molar-refractivity contribution in [3.8, 4) is 18.2 Å². The first-order valence-electron chi connectivity index (χ1n) is 4.31. The van der Waals surface area contributed by atoms with Gasteiger partial charge in [0.1, 0.15) is 11.8 Å². The van der Waals surface area contributed by atoms with Gasteiger partial charge in [-0.1, -0.05) is 17.5 Å². The standard InChI is InChI=1S/C10H11ClN2O2/c1-4-7(2)15-10-5-8(11)12-9(13-10)6-14-3/h1,5,7H,6H2,2-3H3. The van der Waals surface area contributed by atoms with Crippen LogP contribution in [0.15, 0.2) is 6.07 Å². The van der Waals surface area contributed by atoms with Crippen molar-refractivity contribution in [3.63, 3.8) is 0 Å². The zero-order valence-corrected chi connectivity index (χ0v) is 9.28. The quantitative estimate of drug-likeness (QED) is 0.579. The number of nitrogens with zero attached hydrogens (tertiary/aromatic N) is 2. The van der Waals surface area contributed by atoms with Crippen LogP contribution in [0.4, 0.5) is 0 Å². The predicted molar refractivity (Wildman–Crippen MR) is 56.7 cm³/mol. The van der Waals surface area contributed by atoms with Crippen LogP contribution in [-0.4, -0.2) is 23.2 Å². The normalized spacial score (nSPS) is 11.9. The van der Waals surface area contributed by atoms with E-state index >= 15 is 0 Å². The van der Waals surface area contributed by atoms with Gasteiger partial charge in [0.15, 0.2) is 11.9 Å². The van der Waals surface area contributed by atoms with E-state index in [1.807, 2.05) is 0 Å². The van der Waals surface area contributed by atoms with Gasteiger partial charge in [0.25, 0.3) is 0 Å². The van der Waals surface area contributed by atoms with Crippen LogP contribution < -0.4 is 4.74 Å². The minimum Gasteiger partial charge on any atom is -0.461 e. The third kappa shape index (κ3) is 3.74. The molecule has 0 radical (unpaired) electrons. The molecule has 1 unspecified atom stereocenters. The van der Waals surface area contributed by atoms with Crippen molar-refractivity contribution >= 4 is 11.6 Å². The third-order valence-corrected chi connectivity index (χ3v) is 1.72. The van der Waals surface area contributed by atoms with Gasteiger partial charge in [-0.2, -0.15) is 4.98 Å². The van der Waals surface area contributed by atoms with Gasteiger partial charge in [-0.15, -0.1) is 6.42 Å². The van der Waals surface area contributed by atoms with Gasteiger partial charge in [-0.3, -0.25) is 0 Å². The van der Waals surface area contributed by atoms with Gasteiger partial charge in [-0.25, -0.2) is 4.98 Å². The fourth-order valence-electron chi connectivity index (χ4n) is 0.911. The predicted octanol–water partition coefficient (Wildman–Crippen LogP) is 1.68. The second-order valence-corrected chi connectivity index (χ2v) is 3.19. The molecular weight excluding hydrogens is 216 g/mol. The van der Waals surface area contributed by atoms with E-state index in [2.05, 4.69) is 15.9 Å². The van der Waals surface area contributed by atoms with E-state index < -0.39 is 0 Å². The monoisotopic (exact) mass is 226 g/mol. The van der Waals surface area contributed by atoms with Crippen molar-refractivity contribution in [3.05, 3.63) is 17.0 Å². The maximum absolute atomic E-state index is 5.77. The summed E-state index contributed by atoms with van der Waals surface area (Å²) in [5.41, 5.74) is 0. The molecule has 5 heteroatoms. The van der Waals surface area contributed by atoms with E-state index in [1.54, 1.807) is 14.0 Å². The Balaban J connectivity index is 2.84. The molecule has 1 rings (SSSR count). The Bertz CT molecular complexity index is 376. The number of methoxy groups -OCH3 is 1. The van der Waals surface area contributed by atoms with Gasteiger partial charge in [0.05, 0.1) is 0 Å². The molecule has 15 heavy (non-hydrogen) atoms. The fraction of sp³-hybridized carbons (Fsp3) is 0.400. The fourth-order valence-corrected chi connectivity index (χ4v) is 1.10. The average Bonchev–Trinajstić information content (AvgIpc) is 2.17. The highest BCUT2D eigenvalue weighted by atomic mass is 35.5. The molecule has 1 aromatic rings. The van der Waals surface area contributed by atoms with Crippen molar-refractivity contribution in [2.45, 2.75) is 19.6 Å². The third-order valence-electron chi connectivity index (χ3n) is 1.52. The number of ether oxygens (including phenoxy) is 2. The second-order valence-electron chi connectivity index (χ2n) is 2.80. The van der Waals surface area contributed by atoms with E-state index in [4.69, 9.17) is 27.5 Å². The Kier molecular flexibility index (Phi) is 4.35. The molecule has 80 valence electrons. The molecule has 0 saturated carbocycles. The first-order valence-corrected chi connectivity index (χ1v) is 4.68. The number of halogens is 1. The Morgan fingerprint density at radius 1 is 1.60 bits per heavy atom. The molecule has 4 nitrogen and oxygen atoms in total. The molecule has 0 bridgehead atoms. The van der Waals surface area contributed by atoms with Gasteiger partial charge in [0, 0.05) is 13.2 Å². The van der Waals surface area contributed by atoms with Crippen LogP contribution in [0.5, 0.6) is 5.88 Å². The molecule has 1 aromatic heterocycles. The summed E-state index contributed by atoms with van der Waals surface area (Å²) >= 11 is 5.77. The summed E-state index contributed by atoms with van der Waals surface area (Å²) in [6.45, 7) is 2.02. The molecule has 1 heterocycles. The summed E-state index contributed by atoms with van der Waals surface area (Å²) < 4.78 is 10.2. The Labute approximate surface area is 93.6 Å². The zero-order valence-electron chi connectivity index (χ0n) is 8.53. The van der Waals surface area contributed by atoms with Crippen LogP contribution in [-0.2, 0) is 11.3 Å². The van der Waals surface area contributed by atoms with Gasteiger partial charge < -0.3 is 9.47 Å². The molecule has 0 aliphatic heterocycles. The molecule has 0 aromatic carbocycles. The zero-order chi connectivity index (χ0) is 11.3. The molecule has 0 fully saturated rings. The van der Waals surface area contributed by atoms with Crippen molar-refractivity contribution in [1.82, 2.24) is 9.97 Å². The largest absolute Gasteiger partial charge is 0.461 e. The van der Waals surface area contributed by atoms with Crippen molar-refractivity contribution in [2.75, 3.05) is 7.11 Å². The van der Waals surface area contributed by atoms with Crippen LogP contribution in [0, 0.1) is 12.3 Å². The number of terminal acetylenes is 1. The lowest BCUT2D eigenvalue weighted by atomic mass is 10.4.